The molecule has 0 aromatic carbocycles. The summed E-state index contributed by atoms with van der Waals surface area (Å²) in [5, 5.41) is 7.81. The maximum absolute atomic E-state index is 4.41. The zero-order valence-corrected chi connectivity index (χ0v) is 10.9. The van der Waals surface area contributed by atoms with Crippen molar-refractivity contribution in [1.82, 2.24) is 24.6 Å². The predicted molar refractivity (Wildman–Crippen MR) is 69.9 cm³/mol. The molecule has 1 fully saturated rings. The topological polar surface area (TPSA) is 47.7 Å². The molecule has 0 atom stereocenters. The lowest BCUT2D eigenvalue weighted by molar-refractivity contribution is 0.449. The summed E-state index contributed by atoms with van der Waals surface area (Å²) < 4.78 is 4.05. The van der Waals surface area contributed by atoms with Gasteiger partial charge in [-0.15, -0.1) is 0 Å². The van der Waals surface area contributed by atoms with Gasteiger partial charge in [-0.2, -0.15) is 5.10 Å². The molecule has 2 aromatic rings. The van der Waals surface area contributed by atoms with Gasteiger partial charge in [-0.25, -0.2) is 4.98 Å². The number of piperidine rings is 1. The van der Waals surface area contributed by atoms with Crippen LogP contribution in [0.5, 0.6) is 0 Å². The van der Waals surface area contributed by atoms with Crippen LogP contribution in [0.4, 0.5) is 0 Å². The number of nitrogens with zero attached hydrogens (tertiary/aromatic N) is 4. The molecule has 0 unspecified atom stereocenters. The molecule has 1 aliphatic heterocycles. The molecule has 96 valence electrons. The minimum absolute atomic E-state index is 0.605. The van der Waals surface area contributed by atoms with E-state index in [-0.39, 0.29) is 0 Å². The summed E-state index contributed by atoms with van der Waals surface area (Å²) in [6.45, 7) is 4.24. The predicted octanol–water partition coefficient (Wildman–Crippen LogP) is 1.38. The van der Waals surface area contributed by atoms with E-state index in [0.717, 1.165) is 24.5 Å². The summed E-state index contributed by atoms with van der Waals surface area (Å²) in [6, 6.07) is 0. The van der Waals surface area contributed by atoms with Crippen molar-refractivity contribution in [2.75, 3.05) is 13.1 Å². The molecular weight excluding hydrogens is 226 g/mol. The molecule has 3 rings (SSSR count). The number of imidazole rings is 1. The summed E-state index contributed by atoms with van der Waals surface area (Å²) in [4.78, 5) is 4.33. The maximum atomic E-state index is 4.41. The van der Waals surface area contributed by atoms with E-state index in [9.17, 15) is 0 Å². The number of aryl methyl sites for hydroxylation is 2. The lowest BCUT2D eigenvalue weighted by Gasteiger charge is -2.23. The molecule has 1 saturated heterocycles. The van der Waals surface area contributed by atoms with E-state index in [0.29, 0.717) is 5.92 Å². The van der Waals surface area contributed by atoms with E-state index in [1.165, 1.54) is 18.5 Å². The second-order valence-electron chi connectivity index (χ2n) is 4.99. The van der Waals surface area contributed by atoms with Crippen LogP contribution in [-0.2, 0) is 7.05 Å². The Balaban J connectivity index is 1.98. The zero-order chi connectivity index (χ0) is 12.5. The summed E-state index contributed by atoms with van der Waals surface area (Å²) in [5.41, 5.74) is 3.50. The molecule has 0 amide bonds. The third kappa shape index (κ3) is 1.95. The summed E-state index contributed by atoms with van der Waals surface area (Å²) in [6.07, 6.45) is 8.33. The molecule has 0 saturated carbocycles. The fraction of sp³-hybridized carbons (Fsp3) is 0.538. The summed E-state index contributed by atoms with van der Waals surface area (Å²) in [7, 11) is 1.96. The first-order valence-corrected chi connectivity index (χ1v) is 6.49. The van der Waals surface area contributed by atoms with Crippen LogP contribution in [0.3, 0.4) is 0 Å². The van der Waals surface area contributed by atoms with Crippen LogP contribution >= 0.6 is 0 Å². The second-order valence-corrected chi connectivity index (χ2v) is 4.99. The highest BCUT2D eigenvalue weighted by molar-refractivity contribution is 5.36. The van der Waals surface area contributed by atoms with Crippen molar-refractivity contribution < 1.29 is 0 Å². The van der Waals surface area contributed by atoms with Gasteiger partial charge in [0, 0.05) is 31.1 Å². The van der Waals surface area contributed by atoms with Gasteiger partial charge in [0.1, 0.15) is 0 Å². The van der Waals surface area contributed by atoms with Crippen LogP contribution < -0.4 is 5.32 Å². The molecule has 2 aromatic heterocycles. The average molecular weight is 245 g/mol. The van der Waals surface area contributed by atoms with E-state index in [1.54, 1.807) is 0 Å². The van der Waals surface area contributed by atoms with E-state index in [4.69, 9.17) is 0 Å². The molecular formula is C13H19N5. The highest BCUT2D eigenvalue weighted by Gasteiger charge is 2.20. The first-order valence-electron chi connectivity index (χ1n) is 6.49. The van der Waals surface area contributed by atoms with Gasteiger partial charge < -0.3 is 5.32 Å². The van der Waals surface area contributed by atoms with Crippen molar-refractivity contribution in [1.29, 1.82) is 0 Å². The first-order chi connectivity index (χ1) is 8.75. The zero-order valence-electron chi connectivity index (χ0n) is 10.9. The van der Waals surface area contributed by atoms with Crippen molar-refractivity contribution in [3.05, 3.63) is 30.1 Å². The van der Waals surface area contributed by atoms with Gasteiger partial charge in [-0.05, 0) is 32.9 Å². The van der Waals surface area contributed by atoms with Gasteiger partial charge in [-0.1, -0.05) is 0 Å². The van der Waals surface area contributed by atoms with E-state index < -0.39 is 0 Å². The van der Waals surface area contributed by atoms with Crippen LogP contribution in [0.2, 0.25) is 0 Å². The molecule has 5 heteroatoms. The van der Waals surface area contributed by atoms with Gasteiger partial charge in [0.05, 0.1) is 17.7 Å². The molecule has 1 N–H and O–H groups in total. The van der Waals surface area contributed by atoms with Gasteiger partial charge in [0.25, 0.3) is 0 Å². The van der Waals surface area contributed by atoms with Crippen LogP contribution in [0.15, 0.2) is 18.7 Å². The molecule has 18 heavy (non-hydrogen) atoms. The third-order valence-electron chi connectivity index (χ3n) is 3.67. The molecule has 5 nitrogen and oxygen atoms in total. The Labute approximate surface area is 107 Å². The van der Waals surface area contributed by atoms with Crippen LogP contribution in [-0.4, -0.2) is 32.4 Å². The minimum Gasteiger partial charge on any atom is -0.317 e. The number of aromatic nitrogens is 4. The van der Waals surface area contributed by atoms with E-state index in [1.807, 2.05) is 31.2 Å². The Hall–Kier alpha value is -1.62. The quantitative estimate of drug-likeness (QED) is 0.869. The fourth-order valence-electron chi connectivity index (χ4n) is 2.75. The SMILES string of the molecule is Cc1nn(C)cc1-n1cncc1C1CCNCC1. The monoisotopic (exact) mass is 245 g/mol. The standard InChI is InChI=1S/C13H19N5/c1-10-13(8-17(2)16-10)18-9-15-7-12(18)11-3-5-14-6-4-11/h7-9,11,14H,3-6H2,1-2H3. The van der Waals surface area contributed by atoms with Crippen LogP contribution in [0, 0.1) is 6.92 Å². The van der Waals surface area contributed by atoms with Crippen molar-refractivity contribution in [3.8, 4) is 5.69 Å². The number of nitrogens with one attached hydrogen (secondary N) is 1. The van der Waals surface area contributed by atoms with Crippen molar-refractivity contribution in [2.24, 2.45) is 7.05 Å². The highest BCUT2D eigenvalue weighted by Crippen LogP contribution is 2.27. The van der Waals surface area contributed by atoms with Gasteiger partial charge >= 0.3 is 0 Å². The Kier molecular flexibility index (Phi) is 2.91. The summed E-state index contributed by atoms with van der Waals surface area (Å²) >= 11 is 0. The van der Waals surface area contributed by atoms with Crippen molar-refractivity contribution in [2.45, 2.75) is 25.7 Å². The Morgan fingerprint density at radius 1 is 1.33 bits per heavy atom. The number of rotatable bonds is 2. The van der Waals surface area contributed by atoms with Crippen molar-refractivity contribution >= 4 is 0 Å². The summed E-state index contributed by atoms with van der Waals surface area (Å²) in [5.74, 6) is 0.605. The molecule has 0 spiro atoms. The normalized spacial score (nSPS) is 17.2. The Morgan fingerprint density at radius 3 is 2.78 bits per heavy atom. The van der Waals surface area contributed by atoms with Crippen molar-refractivity contribution in [3.63, 3.8) is 0 Å². The fourth-order valence-corrected chi connectivity index (χ4v) is 2.75. The minimum atomic E-state index is 0.605. The largest absolute Gasteiger partial charge is 0.317 e. The lowest BCUT2D eigenvalue weighted by Crippen LogP contribution is -2.27. The maximum Gasteiger partial charge on any atom is 0.0995 e. The van der Waals surface area contributed by atoms with Crippen LogP contribution in [0.25, 0.3) is 5.69 Å². The lowest BCUT2D eigenvalue weighted by atomic mass is 9.95. The molecule has 3 heterocycles. The average Bonchev–Trinajstić information content (AvgIpc) is 2.96. The second kappa shape index (κ2) is 4.57. The van der Waals surface area contributed by atoms with Gasteiger partial charge in [0.2, 0.25) is 0 Å². The molecule has 0 bridgehead atoms. The smallest absolute Gasteiger partial charge is 0.0995 e. The van der Waals surface area contributed by atoms with Gasteiger partial charge in [-0.3, -0.25) is 9.25 Å². The Morgan fingerprint density at radius 2 is 2.11 bits per heavy atom. The first kappa shape index (κ1) is 11.5. The molecule has 0 aliphatic carbocycles. The molecule has 0 radical (unpaired) electrons. The van der Waals surface area contributed by atoms with Crippen LogP contribution in [0.1, 0.15) is 30.1 Å². The van der Waals surface area contributed by atoms with E-state index in [2.05, 4.69) is 26.2 Å². The van der Waals surface area contributed by atoms with E-state index >= 15 is 0 Å². The number of hydrogen-bond acceptors (Lipinski definition) is 3. The highest BCUT2D eigenvalue weighted by atomic mass is 15.3. The Bertz CT molecular complexity index is 533. The molecule has 1 aliphatic rings. The van der Waals surface area contributed by atoms with Gasteiger partial charge in [0.15, 0.2) is 0 Å². The third-order valence-corrected chi connectivity index (χ3v) is 3.67. The number of hydrogen-bond donors (Lipinski definition) is 1.